The molecule has 1 fully saturated rings. The molecule has 0 aliphatic carbocycles. The topological polar surface area (TPSA) is 41.1 Å². The van der Waals surface area contributed by atoms with E-state index in [1.807, 2.05) is 0 Å². The number of halogens is 1. The van der Waals surface area contributed by atoms with Crippen molar-refractivity contribution in [3.63, 3.8) is 0 Å². The van der Waals surface area contributed by atoms with Crippen molar-refractivity contribution in [2.45, 2.75) is 53.0 Å². The fraction of sp³-hybridized carbons (Fsp3) is 0.929. The molecule has 0 radical (unpaired) electrons. The molecule has 0 bridgehead atoms. The van der Waals surface area contributed by atoms with Crippen LogP contribution in [0.15, 0.2) is 0 Å². The first-order valence-corrected chi connectivity index (χ1v) is 7.04. The number of hydrogen-bond acceptors (Lipinski definition) is 2. The maximum Gasteiger partial charge on any atom is 0.220 e. The minimum absolute atomic E-state index is 0. The predicted octanol–water partition coefficient (Wildman–Crippen LogP) is 2.59. The molecule has 1 aliphatic rings. The molecule has 0 saturated carbocycles. The summed E-state index contributed by atoms with van der Waals surface area (Å²) in [5, 5.41) is 6.57. The van der Waals surface area contributed by atoms with E-state index >= 15 is 0 Å². The first-order valence-electron chi connectivity index (χ1n) is 7.04. The summed E-state index contributed by atoms with van der Waals surface area (Å²) in [6, 6.07) is 0.369. The van der Waals surface area contributed by atoms with Gasteiger partial charge in [-0.05, 0) is 37.3 Å². The first-order chi connectivity index (χ1) is 8.04. The molecule has 3 unspecified atom stereocenters. The van der Waals surface area contributed by atoms with E-state index in [0.717, 1.165) is 25.9 Å². The second-order valence-electron chi connectivity index (χ2n) is 5.76. The lowest BCUT2D eigenvalue weighted by Gasteiger charge is -2.31. The monoisotopic (exact) mass is 276 g/mol. The number of hydrogen-bond donors (Lipinski definition) is 2. The van der Waals surface area contributed by atoms with Crippen LogP contribution in [-0.2, 0) is 4.79 Å². The van der Waals surface area contributed by atoms with Crippen LogP contribution in [0.3, 0.4) is 0 Å². The number of carbonyl (C=O) groups is 1. The quantitative estimate of drug-likeness (QED) is 0.810. The van der Waals surface area contributed by atoms with E-state index in [1.165, 1.54) is 0 Å². The van der Waals surface area contributed by atoms with E-state index < -0.39 is 0 Å². The second kappa shape index (κ2) is 8.76. The molecule has 1 amide bonds. The fourth-order valence-electron chi connectivity index (χ4n) is 2.58. The van der Waals surface area contributed by atoms with Gasteiger partial charge in [-0.1, -0.05) is 34.1 Å². The Labute approximate surface area is 118 Å². The standard InChI is InChI=1S/C14H28N2O.ClH/c1-5-12(10(2)3)8-14(17)16-13-6-7-15-9-11(13)4;/h10-13,15H,5-9H2,1-4H3,(H,16,17);1H. The van der Waals surface area contributed by atoms with Gasteiger partial charge >= 0.3 is 0 Å². The largest absolute Gasteiger partial charge is 0.353 e. The Morgan fingerprint density at radius 2 is 2.11 bits per heavy atom. The number of carbonyl (C=O) groups excluding carboxylic acids is 1. The molecule has 3 nitrogen and oxygen atoms in total. The van der Waals surface area contributed by atoms with Crippen molar-refractivity contribution in [1.29, 1.82) is 0 Å². The highest BCUT2D eigenvalue weighted by atomic mass is 35.5. The van der Waals surface area contributed by atoms with Crippen LogP contribution in [0.4, 0.5) is 0 Å². The molecule has 0 spiro atoms. The van der Waals surface area contributed by atoms with Gasteiger partial charge in [0.25, 0.3) is 0 Å². The van der Waals surface area contributed by atoms with Gasteiger partial charge in [-0.3, -0.25) is 4.79 Å². The Kier molecular flexibility index (Phi) is 8.62. The van der Waals surface area contributed by atoms with Gasteiger partial charge in [0.2, 0.25) is 5.91 Å². The van der Waals surface area contributed by atoms with Crippen molar-refractivity contribution < 1.29 is 4.79 Å². The highest BCUT2D eigenvalue weighted by Crippen LogP contribution is 2.19. The van der Waals surface area contributed by atoms with E-state index in [2.05, 4.69) is 38.3 Å². The van der Waals surface area contributed by atoms with Gasteiger partial charge in [0.1, 0.15) is 0 Å². The predicted molar refractivity (Wildman–Crippen MR) is 79.1 cm³/mol. The first kappa shape index (κ1) is 17.7. The third-order valence-corrected chi connectivity index (χ3v) is 4.05. The third-order valence-electron chi connectivity index (χ3n) is 4.05. The average Bonchev–Trinajstić information content (AvgIpc) is 2.28. The highest BCUT2D eigenvalue weighted by Gasteiger charge is 2.24. The van der Waals surface area contributed by atoms with Crippen LogP contribution in [0.1, 0.15) is 47.0 Å². The number of piperidine rings is 1. The summed E-state index contributed by atoms with van der Waals surface area (Å²) in [7, 11) is 0. The Morgan fingerprint density at radius 1 is 1.44 bits per heavy atom. The lowest BCUT2D eigenvalue weighted by atomic mass is 9.89. The van der Waals surface area contributed by atoms with Gasteiger partial charge < -0.3 is 10.6 Å². The van der Waals surface area contributed by atoms with Crippen LogP contribution in [-0.4, -0.2) is 25.0 Å². The fourth-order valence-corrected chi connectivity index (χ4v) is 2.58. The summed E-state index contributed by atoms with van der Waals surface area (Å²) in [5.41, 5.74) is 0. The van der Waals surface area contributed by atoms with Gasteiger partial charge in [-0.25, -0.2) is 0 Å². The molecule has 18 heavy (non-hydrogen) atoms. The van der Waals surface area contributed by atoms with Crippen LogP contribution in [0.2, 0.25) is 0 Å². The lowest BCUT2D eigenvalue weighted by Crippen LogP contribution is -2.48. The zero-order valence-corrected chi connectivity index (χ0v) is 13.0. The Hall–Kier alpha value is -0.280. The SMILES string of the molecule is CCC(CC(=O)NC1CCNCC1C)C(C)C.Cl. The van der Waals surface area contributed by atoms with Crippen molar-refractivity contribution in [3.05, 3.63) is 0 Å². The van der Waals surface area contributed by atoms with Gasteiger partial charge in [-0.15, -0.1) is 12.4 Å². The zero-order chi connectivity index (χ0) is 12.8. The smallest absolute Gasteiger partial charge is 0.220 e. The van der Waals surface area contributed by atoms with Gasteiger partial charge in [-0.2, -0.15) is 0 Å². The van der Waals surface area contributed by atoms with Crippen molar-refractivity contribution in [2.75, 3.05) is 13.1 Å². The molecule has 0 aromatic rings. The molecule has 1 rings (SSSR count). The van der Waals surface area contributed by atoms with Crippen molar-refractivity contribution >= 4 is 18.3 Å². The highest BCUT2D eigenvalue weighted by molar-refractivity contribution is 5.85. The Balaban J connectivity index is 0.00000289. The van der Waals surface area contributed by atoms with Crippen molar-refractivity contribution in [2.24, 2.45) is 17.8 Å². The molecule has 4 heteroatoms. The van der Waals surface area contributed by atoms with E-state index in [9.17, 15) is 4.79 Å². The third kappa shape index (κ3) is 5.57. The van der Waals surface area contributed by atoms with Gasteiger partial charge in [0.15, 0.2) is 0 Å². The van der Waals surface area contributed by atoms with Crippen molar-refractivity contribution in [3.8, 4) is 0 Å². The normalized spacial score (nSPS) is 25.4. The maximum atomic E-state index is 12.0. The van der Waals surface area contributed by atoms with Crippen LogP contribution in [0, 0.1) is 17.8 Å². The van der Waals surface area contributed by atoms with Gasteiger partial charge in [0, 0.05) is 12.5 Å². The molecule has 0 aromatic heterocycles. The number of nitrogens with one attached hydrogen (secondary N) is 2. The van der Waals surface area contributed by atoms with Crippen molar-refractivity contribution in [1.82, 2.24) is 10.6 Å². The summed E-state index contributed by atoms with van der Waals surface area (Å²) >= 11 is 0. The Morgan fingerprint density at radius 3 is 2.61 bits per heavy atom. The van der Waals surface area contributed by atoms with E-state index in [0.29, 0.717) is 30.2 Å². The number of amides is 1. The van der Waals surface area contributed by atoms with Crippen LogP contribution in [0.25, 0.3) is 0 Å². The Bertz CT molecular complexity index is 246. The van der Waals surface area contributed by atoms with Crippen LogP contribution < -0.4 is 10.6 Å². The molecule has 1 heterocycles. The lowest BCUT2D eigenvalue weighted by molar-refractivity contribution is -0.123. The van der Waals surface area contributed by atoms with Gasteiger partial charge in [0.05, 0.1) is 0 Å². The maximum absolute atomic E-state index is 12.0. The summed E-state index contributed by atoms with van der Waals surface area (Å²) < 4.78 is 0. The van der Waals surface area contributed by atoms with E-state index in [1.54, 1.807) is 0 Å². The van der Waals surface area contributed by atoms with E-state index in [4.69, 9.17) is 0 Å². The molecule has 1 saturated heterocycles. The van der Waals surface area contributed by atoms with Crippen LogP contribution in [0.5, 0.6) is 0 Å². The van der Waals surface area contributed by atoms with Crippen LogP contribution >= 0.6 is 12.4 Å². The molecule has 2 N–H and O–H groups in total. The summed E-state index contributed by atoms with van der Waals surface area (Å²) in [6.07, 6.45) is 2.84. The molecule has 3 atom stereocenters. The zero-order valence-electron chi connectivity index (χ0n) is 12.2. The second-order valence-corrected chi connectivity index (χ2v) is 5.76. The average molecular weight is 277 g/mol. The summed E-state index contributed by atoms with van der Waals surface area (Å²) in [4.78, 5) is 12.0. The number of rotatable bonds is 5. The summed E-state index contributed by atoms with van der Waals surface area (Å²) in [5.74, 6) is 1.90. The molecule has 0 aromatic carbocycles. The minimum atomic E-state index is 0. The molecule has 1 aliphatic heterocycles. The minimum Gasteiger partial charge on any atom is -0.353 e. The van der Waals surface area contributed by atoms with E-state index in [-0.39, 0.29) is 18.3 Å². The molecule has 108 valence electrons. The molecular weight excluding hydrogens is 248 g/mol. The summed E-state index contributed by atoms with van der Waals surface area (Å²) in [6.45, 7) is 10.8. The molecular formula is C14H29ClN2O.